The Balaban J connectivity index is 2.81. The summed E-state index contributed by atoms with van der Waals surface area (Å²) < 4.78 is 33.0. The highest BCUT2D eigenvalue weighted by molar-refractivity contribution is 7.91. The van der Waals surface area contributed by atoms with E-state index in [4.69, 9.17) is 4.74 Å². The molecule has 0 aliphatic heterocycles. The van der Waals surface area contributed by atoms with E-state index in [1.165, 1.54) is 11.3 Å². The van der Waals surface area contributed by atoms with Crippen molar-refractivity contribution < 1.29 is 13.2 Å². The summed E-state index contributed by atoms with van der Waals surface area (Å²) in [5, 5.41) is 3.04. The van der Waals surface area contributed by atoms with Gasteiger partial charge < -0.3 is 10.1 Å². The van der Waals surface area contributed by atoms with Gasteiger partial charge in [-0.2, -0.15) is 0 Å². The Hall–Kier alpha value is -0.470. The largest absolute Gasteiger partial charge is 0.375 e. The summed E-state index contributed by atoms with van der Waals surface area (Å²) in [6, 6.07) is 1.72. The molecule has 0 saturated heterocycles. The molecule has 116 valence electrons. The minimum Gasteiger partial charge on any atom is -0.375 e. The van der Waals surface area contributed by atoms with Crippen LogP contribution < -0.4 is 10.0 Å². The fourth-order valence-electron chi connectivity index (χ4n) is 1.74. The lowest BCUT2D eigenvalue weighted by atomic mass is 10.1. The molecule has 0 radical (unpaired) electrons. The Morgan fingerprint density at radius 1 is 1.40 bits per heavy atom. The fraction of sp³-hybridized carbons (Fsp3) is 0.692. The second-order valence-corrected chi connectivity index (χ2v) is 8.35. The third-order valence-electron chi connectivity index (χ3n) is 2.82. The SMILES string of the molecule is CCOC(C)(C)CNS(=O)(=O)c1cc(C)c(CNC)s1. The zero-order valence-electron chi connectivity index (χ0n) is 12.7. The van der Waals surface area contributed by atoms with Crippen LogP contribution in [0.5, 0.6) is 0 Å². The van der Waals surface area contributed by atoms with Crippen molar-refractivity contribution in [2.24, 2.45) is 0 Å². The van der Waals surface area contributed by atoms with Crippen LogP contribution in [0.25, 0.3) is 0 Å². The van der Waals surface area contributed by atoms with Gasteiger partial charge in [0, 0.05) is 24.6 Å². The van der Waals surface area contributed by atoms with E-state index in [-0.39, 0.29) is 6.54 Å². The van der Waals surface area contributed by atoms with Gasteiger partial charge >= 0.3 is 0 Å². The first-order valence-corrected chi connectivity index (χ1v) is 8.89. The molecule has 1 aromatic rings. The van der Waals surface area contributed by atoms with E-state index in [2.05, 4.69) is 10.0 Å². The molecule has 0 aliphatic carbocycles. The molecule has 1 aromatic heterocycles. The molecule has 0 aliphatic rings. The maximum atomic E-state index is 12.3. The van der Waals surface area contributed by atoms with Crippen LogP contribution in [0.4, 0.5) is 0 Å². The zero-order valence-corrected chi connectivity index (χ0v) is 14.4. The Morgan fingerprint density at radius 2 is 2.05 bits per heavy atom. The molecule has 2 N–H and O–H groups in total. The summed E-state index contributed by atoms with van der Waals surface area (Å²) in [5.74, 6) is 0. The average Bonchev–Trinajstić information content (AvgIpc) is 2.70. The van der Waals surface area contributed by atoms with E-state index in [9.17, 15) is 8.42 Å². The molecular weight excluding hydrogens is 296 g/mol. The Kier molecular flexibility index (Phi) is 6.15. The standard InChI is InChI=1S/C13H24N2O3S2/c1-6-18-13(3,4)9-15-20(16,17)12-7-10(2)11(19-12)8-14-5/h7,14-15H,6,8-9H2,1-5H3. The van der Waals surface area contributed by atoms with E-state index in [0.29, 0.717) is 17.4 Å². The number of ether oxygens (including phenoxy) is 1. The number of rotatable bonds is 8. The number of nitrogens with one attached hydrogen (secondary N) is 2. The van der Waals surface area contributed by atoms with Crippen LogP contribution in [0.1, 0.15) is 31.2 Å². The number of aryl methyl sites for hydroxylation is 1. The number of thiophene rings is 1. The van der Waals surface area contributed by atoms with Gasteiger partial charge in [-0.1, -0.05) is 0 Å². The molecule has 0 aromatic carbocycles. The van der Waals surface area contributed by atoms with Crippen LogP contribution in [-0.4, -0.2) is 34.2 Å². The normalized spacial score (nSPS) is 12.8. The smallest absolute Gasteiger partial charge is 0.250 e. The second kappa shape index (κ2) is 7.00. The van der Waals surface area contributed by atoms with Gasteiger partial charge in [-0.05, 0) is 46.4 Å². The molecule has 1 rings (SSSR count). The van der Waals surface area contributed by atoms with E-state index >= 15 is 0 Å². The summed E-state index contributed by atoms with van der Waals surface area (Å²) in [6.07, 6.45) is 0. The van der Waals surface area contributed by atoms with Gasteiger partial charge in [0.15, 0.2) is 0 Å². The predicted molar refractivity (Wildman–Crippen MR) is 82.7 cm³/mol. The Morgan fingerprint density at radius 3 is 2.60 bits per heavy atom. The molecule has 7 heteroatoms. The molecule has 0 saturated carbocycles. The molecule has 0 amide bonds. The molecule has 5 nitrogen and oxygen atoms in total. The highest BCUT2D eigenvalue weighted by Gasteiger charge is 2.24. The maximum Gasteiger partial charge on any atom is 0.250 e. The maximum absolute atomic E-state index is 12.3. The molecule has 0 fully saturated rings. The summed E-state index contributed by atoms with van der Waals surface area (Å²) >= 11 is 1.30. The van der Waals surface area contributed by atoms with Gasteiger partial charge in [-0.25, -0.2) is 13.1 Å². The highest BCUT2D eigenvalue weighted by Crippen LogP contribution is 2.26. The van der Waals surface area contributed by atoms with Crippen molar-refractivity contribution in [3.8, 4) is 0 Å². The third-order valence-corrected chi connectivity index (χ3v) is 5.94. The predicted octanol–water partition coefficient (Wildman–Crippen LogP) is 1.87. The van der Waals surface area contributed by atoms with E-state index < -0.39 is 15.6 Å². The van der Waals surface area contributed by atoms with Gasteiger partial charge in [0.25, 0.3) is 0 Å². The van der Waals surface area contributed by atoms with Crippen molar-refractivity contribution in [3.63, 3.8) is 0 Å². The lowest BCUT2D eigenvalue weighted by Gasteiger charge is -2.24. The van der Waals surface area contributed by atoms with Crippen molar-refractivity contribution in [3.05, 3.63) is 16.5 Å². The van der Waals surface area contributed by atoms with Gasteiger partial charge in [0.2, 0.25) is 10.0 Å². The van der Waals surface area contributed by atoms with Crippen molar-refractivity contribution in [2.75, 3.05) is 20.2 Å². The van der Waals surface area contributed by atoms with E-state index in [0.717, 1.165) is 10.4 Å². The van der Waals surface area contributed by atoms with Gasteiger partial charge in [-0.3, -0.25) is 0 Å². The van der Waals surface area contributed by atoms with Crippen LogP contribution in [0.15, 0.2) is 10.3 Å². The summed E-state index contributed by atoms with van der Waals surface area (Å²) in [6.45, 7) is 9.03. The Bertz CT molecular complexity index is 536. The first-order chi connectivity index (χ1) is 9.22. The second-order valence-electron chi connectivity index (χ2n) is 5.22. The van der Waals surface area contributed by atoms with Crippen molar-refractivity contribution in [1.29, 1.82) is 0 Å². The van der Waals surface area contributed by atoms with Crippen LogP contribution in [0.2, 0.25) is 0 Å². The van der Waals surface area contributed by atoms with E-state index in [1.54, 1.807) is 6.07 Å². The number of sulfonamides is 1. The molecule has 0 unspecified atom stereocenters. The van der Waals surface area contributed by atoms with Crippen LogP contribution in [-0.2, 0) is 21.3 Å². The Labute approximate surface area is 125 Å². The van der Waals surface area contributed by atoms with Crippen molar-refractivity contribution in [1.82, 2.24) is 10.0 Å². The van der Waals surface area contributed by atoms with Crippen molar-refractivity contribution >= 4 is 21.4 Å². The molecule has 0 bridgehead atoms. The summed E-state index contributed by atoms with van der Waals surface area (Å²) in [7, 11) is -1.63. The minimum absolute atomic E-state index is 0.251. The molecule has 0 spiro atoms. The lowest BCUT2D eigenvalue weighted by molar-refractivity contribution is -0.00514. The van der Waals surface area contributed by atoms with Crippen LogP contribution in [0.3, 0.4) is 0 Å². The van der Waals surface area contributed by atoms with Crippen molar-refractivity contribution in [2.45, 2.75) is 44.0 Å². The number of hydrogen-bond acceptors (Lipinski definition) is 5. The first-order valence-electron chi connectivity index (χ1n) is 6.59. The van der Waals surface area contributed by atoms with Gasteiger partial charge in [0.1, 0.15) is 4.21 Å². The van der Waals surface area contributed by atoms with Crippen LogP contribution >= 0.6 is 11.3 Å². The van der Waals surface area contributed by atoms with Gasteiger partial charge in [-0.15, -0.1) is 11.3 Å². The number of hydrogen-bond donors (Lipinski definition) is 2. The molecule has 0 atom stereocenters. The first kappa shape index (κ1) is 17.6. The zero-order chi connectivity index (χ0) is 15.4. The summed E-state index contributed by atoms with van der Waals surface area (Å²) in [4.78, 5) is 1.04. The summed E-state index contributed by atoms with van der Waals surface area (Å²) in [5.41, 5.74) is 0.482. The van der Waals surface area contributed by atoms with Gasteiger partial charge in [0.05, 0.1) is 5.60 Å². The topological polar surface area (TPSA) is 67.4 Å². The molecular formula is C13H24N2O3S2. The third kappa shape index (κ3) is 4.82. The van der Waals surface area contributed by atoms with Crippen LogP contribution in [0, 0.1) is 6.92 Å². The highest BCUT2D eigenvalue weighted by atomic mass is 32.2. The molecule has 1 heterocycles. The lowest BCUT2D eigenvalue weighted by Crippen LogP contribution is -2.40. The average molecular weight is 320 g/mol. The van der Waals surface area contributed by atoms with E-state index in [1.807, 2.05) is 34.7 Å². The quantitative estimate of drug-likeness (QED) is 0.767. The minimum atomic E-state index is -3.47. The fourth-order valence-corrected chi connectivity index (χ4v) is 4.58. The monoisotopic (exact) mass is 320 g/mol. The molecule has 20 heavy (non-hydrogen) atoms.